The number of nitrogens with zero attached hydrogens (tertiary/aromatic N) is 4. The molecule has 1 aromatic heterocycles. The number of ketones is 1. The van der Waals surface area contributed by atoms with Crippen molar-refractivity contribution >= 4 is 5.78 Å². The first kappa shape index (κ1) is 11.8. The van der Waals surface area contributed by atoms with Gasteiger partial charge in [0.05, 0.1) is 6.07 Å². The molecule has 1 unspecified atom stereocenters. The quantitative estimate of drug-likeness (QED) is 0.794. The van der Waals surface area contributed by atoms with Crippen LogP contribution in [0.2, 0.25) is 0 Å². The Labute approximate surface area is 100 Å². The fourth-order valence-corrected chi connectivity index (χ4v) is 2.38. The first-order chi connectivity index (χ1) is 8.09. The number of carbonyl (C=O) groups excluding carboxylic acids is 1. The third-order valence-electron chi connectivity index (χ3n) is 3.35. The van der Waals surface area contributed by atoms with Crippen molar-refractivity contribution in [1.29, 1.82) is 5.26 Å². The molecule has 1 atom stereocenters. The van der Waals surface area contributed by atoms with Gasteiger partial charge in [0.25, 0.3) is 0 Å². The van der Waals surface area contributed by atoms with Gasteiger partial charge in [-0.3, -0.25) is 4.79 Å². The van der Waals surface area contributed by atoms with E-state index in [0.29, 0.717) is 19.3 Å². The molecule has 5 heteroatoms. The molecule has 17 heavy (non-hydrogen) atoms. The third kappa shape index (κ3) is 1.95. The lowest BCUT2D eigenvalue weighted by atomic mass is 9.83. The van der Waals surface area contributed by atoms with Crippen LogP contribution in [0.3, 0.4) is 0 Å². The highest BCUT2D eigenvalue weighted by Gasteiger charge is 2.43. The molecule has 0 saturated heterocycles. The Kier molecular flexibility index (Phi) is 2.97. The van der Waals surface area contributed by atoms with Crippen LogP contribution in [0.1, 0.15) is 45.0 Å². The van der Waals surface area contributed by atoms with Gasteiger partial charge in [-0.25, -0.2) is 9.67 Å². The van der Waals surface area contributed by atoms with Crippen LogP contribution in [0, 0.1) is 16.7 Å². The van der Waals surface area contributed by atoms with Crippen molar-refractivity contribution in [2.45, 2.75) is 45.6 Å². The van der Waals surface area contributed by atoms with Crippen molar-refractivity contribution in [2.75, 3.05) is 0 Å². The number of hydrogen-bond donors (Lipinski definition) is 0. The Hall–Kier alpha value is -1.70. The first-order valence-corrected chi connectivity index (χ1v) is 5.92. The molecule has 1 aliphatic carbocycles. The molecule has 0 spiro atoms. The highest BCUT2D eigenvalue weighted by Crippen LogP contribution is 2.37. The molecule has 1 aliphatic rings. The molecule has 90 valence electrons. The van der Waals surface area contributed by atoms with E-state index in [0.717, 1.165) is 12.2 Å². The molecule has 0 aromatic carbocycles. The summed E-state index contributed by atoms with van der Waals surface area (Å²) >= 11 is 0. The van der Waals surface area contributed by atoms with E-state index in [1.54, 1.807) is 4.68 Å². The molecule has 5 nitrogen and oxygen atoms in total. The van der Waals surface area contributed by atoms with Gasteiger partial charge in [0.1, 0.15) is 17.6 Å². The highest BCUT2D eigenvalue weighted by atomic mass is 16.1. The predicted molar refractivity (Wildman–Crippen MR) is 61.0 cm³/mol. The van der Waals surface area contributed by atoms with Gasteiger partial charge < -0.3 is 0 Å². The summed E-state index contributed by atoms with van der Waals surface area (Å²) in [5, 5.41) is 13.4. The second-order valence-corrected chi connectivity index (χ2v) is 4.86. The zero-order valence-corrected chi connectivity index (χ0v) is 10.2. The molecule has 1 heterocycles. The van der Waals surface area contributed by atoms with Crippen molar-refractivity contribution in [3.8, 4) is 6.07 Å². The molecule has 1 aromatic rings. The largest absolute Gasteiger partial charge is 0.298 e. The molecular formula is C12H16N4O. The summed E-state index contributed by atoms with van der Waals surface area (Å²) in [6, 6.07) is 2.40. The fourth-order valence-electron chi connectivity index (χ4n) is 2.38. The lowest BCUT2D eigenvalue weighted by Gasteiger charge is -2.19. The van der Waals surface area contributed by atoms with Crippen molar-refractivity contribution in [3.05, 3.63) is 12.2 Å². The van der Waals surface area contributed by atoms with E-state index in [1.807, 2.05) is 13.8 Å². The van der Waals surface area contributed by atoms with E-state index < -0.39 is 5.41 Å². The van der Waals surface area contributed by atoms with Gasteiger partial charge in [-0.1, -0.05) is 0 Å². The maximum Gasteiger partial charge on any atom is 0.153 e. The minimum absolute atomic E-state index is 0.0540. The van der Waals surface area contributed by atoms with Crippen molar-refractivity contribution < 1.29 is 4.79 Å². The fraction of sp³-hybridized carbons (Fsp3) is 0.667. The molecule has 1 fully saturated rings. The molecule has 0 N–H and O–H groups in total. The van der Waals surface area contributed by atoms with Crippen molar-refractivity contribution in [3.63, 3.8) is 0 Å². The van der Waals surface area contributed by atoms with E-state index in [9.17, 15) is 10.1 Å². The number of hydrogen-bond acceptors (Lipinski definition) is 4. The van der Waals surface area contributed by atoms with Crippen LogP contribution in [0.15, 0.2) is 6.33 Å². The minimum atomic E-state index is -0.861. The second-order valence-electron chi connectivity index (χ2n) is 4.86. The van der Waals surface area contributed by atoms with E-state index >= 15 is 0 Å². The summed E-state index contributed by atoms with van der Waals surface area (Å²) in [7, 11) is 0. The second kappa shape index (κ2) is 4.28. The van der Waals surface area contributed by atoms with E-state index in [-0.39, 0.29) is 11.8 Å². The average molecular weight is 232 g/mol. The van der Waals surface area contributed by atoms with Gasteiger partial charge in [0.2, 0.25) is 0 Å². The van der Waals surface area contributed by atoms with Gasteiger partial charge >= 0.3 is 0 Å². The number of aromatic nitrogens is 3. The smallest absolute Gasteiger partial charge is 0.153 e. The van der Waals surface area contributed by atoms with Gasteiger partial charge in [-0.15, -0.1) is 0 Å². The van der Waals surface area contributed by atoms with Crippen LogP contribution in [-0.2, 0) is 11.2 Å². The SMILES string of the molecule is CC(C)n1ncnc1CC1(C#N)CCCC1=O. The summed E-state index contributed by atoms with van der Waals surface area (Å²) in [5.74, 6) is 0.787. The van der Waals surface area contributed by atoms with Crippen LogP contribution in [-0.4, -0.2) is 20.5 Å². The maximum atomic E-state index is 11.9. The van der Waals surface area contributed by atoms with Crippen molar-refractivity contribution in [1.82, 2.24) is 14.8 Å². The predicted octanol–water partition coefficient (Wildman–Crippen LogP) is 1.66. The highest BCUT2D eigenvalue weighted by molar-refractivity contribution is 5.89. The van der Waals surface area contributed by atoms with E-state index in [4.69, 9.17) is 0 Å². The van der Waals surface area contributed by atoms with Crippen LogP contribution in [0.5, 0.6) is 0 Å². The van der Waals surface area contributed by atoms with Crippen LogP contribution >= 0.6 is 0 Å². The zero-order valence-electron chi connectivity index (χ0n) is 10.2. The summed E-state index contributed by atoms with van der Waals surface area (Å²) in [6.45, 7) is 4.02. The molecule has 0 bridgehead atoms. The molecule has 2 rings (SSSR count). The van der Waals surface area contributed by atoms with Gasteiger partial charge in [0, 0.05) is 18.9 Å². The Balaban J connectivity index is 2.28. The van der Waals surface area contributed by atoms with Gasteiger partial charge in [0.15, 0.2) is 5.78 Å². The Morgan fingerprint density at radius 2 is 2.41 bits per heavy atom. The summed E-state index contributed by atoms with van der Waals surface area (Å²) in [6.07, 6.45) is 3.85. The lowest BCUT2D eigenvalue weighted by Crippen LogP contribution is -2.28. The molecular weight excluding hydrogens is 216 g/mol. The Bertz CT molecular complexity index is 471. The monoisotopic (exact) mass is 232 g/mol. The van der Waals surface area contributed by atoms with Crippen LogP contribution < -0.4 is 0 Å². The minimum Gasteiger partial charge on any atom is -0.298 e. The molecule has 0 amide bonds. The van der Waals surface area contributed by atoms with Gasteiger partial charge in [-0.2, -0.15) is 10.4 Å². The average Bonchev–Trinajstić information content (AvgIpc) is 2.87. The van der Waals surface area contributed by atoms with Gasteiger partial charge in [-0.05, 0) is 26.7 Å². The first-order valence-electron chi connectivity index (χ1n) is 5.92. The molecule has 1 saturated carbocycles. The van der Waals surface area contributed by atoms with Crippen molar-refractivity contribution in [2.24, 2.45) is 5.41 Å². The molecule has 0 radical (unpaired) electrons. The topological polar surface area (TPSA) is 71.6 Å². The van der Waals surface area contributed by atoms with E-state index in [1.165, 1.54) is 6.33 Å². The number of nitriles is 1. The number of carbonyl (C=O) groups is 1. The zero-order chi connectivity index (χ0) is 12.5. The number of rotatable bonds is 3. The normalized spacial score (nSPS) is 24.2. The third-order valence-corrected chi connectivity index (χ3v) is 3.35. The Morgan fingerprint density at radius 3 is 2.94 bits per heavy atom. The maximum absolute atomic E-state index is 11.9. The summed E-state index contributed by atoms with van der Waals surface area (Å²) in [5.41, 5.74) is -0.861. The Morgan fingerprint density at radius 1 is 1.65 bits per heavy atom. The standard InChI is InChI=1S/C12H16N4O/c1-9(2)16-11(14-8-15-16)6-12(7-13)5-3-4-10(12)17/h8-9H,3-6H2,1-2H3. The summed E-state index contributed by atoms with van der Waals surface area (Å²) < 4.78 is 1.78. The summed E-state index contributed by atoms with van der Waals surface area (Å²) in [4.78, 5) is 16.0. The lowest BCUT2D eigenvalue weighted by molar-refractivity contribution is -0.123. The van der Waals surface area contributed by atoms with Crippen LogP contribution in [0.4, 0.5) is 0 Å². The number of Topliss-reactive ketones (excluding diaryl/α,β-unsaturated/α-hetero) is 1. The van der Waals surface area contributed by atoms with E-state index in [2.05, 4.69) is 16.2 Å². The van der Waals surface area contributed by atoms with Crippen LogP contribution in [0.25, 0.3) is 0 Å². The molecule has 0 aliphatic heterocycles.